The fraction of sp³-hybridized carbons (Fsp3) is 0.333. The lowest BCUT2D eigenvalue weighted by molar-refractivity contribution is -0.387. The summed E-state index contributed by atoms with van der Waals surface area (Å²) >= 11 is 0.951. The average molecular weight is 508 g/mol. The molecule has 0 fully saturated rings. The fourth-order valence-corrected chi connectivity index (χ4v) is 4.48. The second-order valence-corrected chi connectivity index (χ2v) is 8.95. The number of nitrogens with one attached hydrogen (secondary N) is 2. The maximum absolute atomic E-state index is 13.2. The number of nitro benzene ring substituents is 1. The summed E-state index contributed by atoms with van der Waals surface area (Å²) in [6, 6.07) is 8.03. The third kappa shape index (κ3) is 7.57. The molecule has 0 bridgehead atoms. The van der Waals surface area contributed by atoms with Crippen molar-refractivity contribution >= 4 is 35.0 Å². The summed E-state index contributed by atoms with van der Waals surface area (Å²) in [6.45, 7) is 0.492. The minimum absolute atomic E-state index is 0.0512. The molecule has 0 radical (unpaired) electrons. The molecule has 7 nitrogen and oxygen atoms in total. The molecule has 2 amide bonds. The third-order valence-electron chi connectivity index (χ3n) is 5.41. The number of rotatable bonds is 9. The first-order valence-electron chi connectivity index (χ1n) is 11.0. The highest BCUT2D eigenvalue weighted by Crippen LogP contribution is 2.35. The van der Waals surface area contributed by atoms with Crippen molar-refractivity contribution in [1.82, 2.24) is 5.32 Å². The third-order valence-corrected chi connectivity index (χ3v) is 6.47. The molecule has 3 rings (SSSR count). The van der Waals surface area contributed by atoms with Gasteiger partial charge in [0.25, 0.3) is 11.6 Å². The van der Waals surface area contributed by atoms with Gasteiger partial charge in [-0.1, -0.05) is 23.8 Å². The van der Waals surface area contributed by atoms with Crippen molar-refractivity contribution in [2.45, 2.75) is 43.2 Å². The Balaban J connectivity index is 1.62. The summed E-state index contributed by atoms with van der Waals surface area (Å²) in [4.78, 5) is 35.7. The van der Waals surface area contributed by atoms with Crippen LogP contribution in [0.25, 0.3) is 0 Å². The van der Waals surface area contributed by atoms with E-state index in [1.54, 1.807) is 0 Å². The molecule has 2 aromatic rings. The van der Waals surface area contributed by atoms with Gasteiger partial charge in [0.1, 0.15) is 0 Å². The standard InChI is InChI=1S/C24H24F3N3O4S/c25-24(26,27)18-8-4-5-9-19(18)29-23(32)17-10-11-21(20(14-17)30(33)34)35-15-22(31)28-13-12-16-6-2-1-3-7-16/h4-6,8-11,14H,1-3,7,12-13,15H2,(H,28,31)(H,29,32). The minimum atomic E-state index is -4.68. The number of amides is 2. The first kappa shape index (κ1) is 26.3. The number of hydrogen-bond acceptors (Lipinski definition) is 5. The van der Waals surface area contributed by atoms with E-state index in [0.717, 1.165) is 55.6 Å². The summed E-state index contributed by atoms with van der Waals surface area (Å²) in [5, 5.41) is 16.5. The van der Waals surface area contributed by atoms with Gasteiger partial charge in [0.15, 0.2) is 0 Å². The molecule has 2 N–H and O–H groups in total. The number of halogens is 3. The highest BCUT2D eigenvalue weighted by Gasteiger charge is 2.33. The number of para-hydroxylation sites is 1. The Bertz CT molecular complexity index is 1140. The van der Waals surface area contributed by atoms with Gasteiger partial charge in [0.05, 0.1) is 26.8 Å². The Morgan fingerprint density at radius 2 is 1.89 bits per heavy atom. The smallest absolute Gasteiger partial charge is 0.355 e. The minimum Gasteiger partial charge on any atom is -0.355 e. The molecule has 0 aromatic heterocycles. The normalized spacial score (nSPS) is 13.6. The fourth-order valence-electron chi connectivity index (χ4n) is 3.65. The zero-order valence-electron chi connectivity index (χ0n) is 18.7. The SMILES string of the molecule is O=C(CSc1ccc(C(=O)Nc2ccccc2C(F)(F)F)cc1[N+](=O)[O-])NCCC1=CCCCC1. The van der Waals surface area contributed by atoms with Gasteiger partial charge in [0, 0.05) is 18.2 Å². The predicted molar refractivity (Wildman–Crippen MR) is 127 cm³/mol. The van der Waals surface area contributed by atoms with E-state index in [4.69, 9.17) is 0 Å². The molecular formula is C24H24F3N3O4S. The molecule has 0 saturated heterocycles. The van der Waals surface area contributed by atoms with Crippen LogP contribution in [-0.2, 0) is 11.0 Å². The number of nitro groups is 1. The van der Waals surface area contributed by atoms with Crippen LogP contribution in [-0.4, -0.2) is 29.0 Å². The first-order chi connectivity index (χ1) is 16.6. The quantitative estimate of drug-likeness (QED) is 0.189. The maximum Gasteiger partial charge on any atom is 0.418 e. The number of allylic oxidation sites excluding steroid dienone is 1. The van der Waals surface area contributed by atoms with Gasteiger partial charge in [0.2, 0.25) is 5.91 Å². The summed E-state index contributed by atoms with van der Waals surface area (Å²) < 4.78 is 39.5. The molecule has 1 aliphatic carbocycles. The zero-order valence-corrected chi connectivity index (χ0v) is 19.5. The van der Waals surface area contributed by atoms with Crippen molar-refractivity contribution in [2.24, 2.45) is 0 Å². The van der Waals surface area contributed by atoms with E-state index in [-0.39, 0.29) is 22.1 Å². The van der Waals surface area contributed by atoms with Crippen molar-refractivity contribution in [3.05, 3.63) is 75.4 Å². The molecule has 2 aromatic carbocycles. The molecule has 35 heavy (non-hydrogen) atoms. The van der Waals surface area contributed by atoms with Crippen LogP contribution in [0.3, 0.4) is 0 Å². The molecule has 0 aliphatic heterocycles. The summed E-state index contributed by atoms with van der Waals surface area (Å²) in [6.07, 6.45) is 2.74. The van der Waals surface area contributed by atoms with Gasteiger partial charge in [-0.3, -0.25) is 19.7 Å². The van der Waals surface area contributed by atoms with Gasteiger partial charge < -0.3 is 10.6 Å². The lowest BCUT2D eigenvalue weighted by atomic mass is 9.97. The van der Waals surface area contributed by atoms with Crippen LogP contribution in [0, 0.1) is 10.1 Å². The highest BCUT2D eigenvalue weighted by molar-refractivity contribution is 8.00. The van der Waals surface area contributed by atoms with E-state index in [0.29, 0.717) is 6.54 Å². The maximum atomic E-state index is 13.2. The number of carbonyl (C=O) groups is 2. The summed E-state index contributed by atoms with van der Waals surface area (Å²) in [5.41, 5.74) is -0.741. The first-order valence-corrected chi connectivity index (χ1v) is 12.0. The second-order valence-electron chi connectivity index (χ2n) is 7.93. The van der Waals surface area contributed by atoms with Crippen molar-refractivity contribution in [3.8, 4) is 0 Å². The lowest BCUT2D eigenvalue weighted by Gasteiger charge is -2.14. The molecule has 1 aliphatic rings. The Labute approximate surface area is 204 Å². The van der Waals surface area contributed by atoms with Crippen LogP contribution in [0.4, 0.5) is 24.5 Å². The van der Waals surface area contributed by atoms with Crippen LogP contribution in [0.1, 0.15) is 48.0 Å². The van der Waals surface area contributed by atoms with Crippen LogP contribution in [0.5, 0.6) is 0 Å². The molecule has 0 unspecified atom stereocenters. The van der Waals surface area contributed by atoms with E-state index >= 15 is 0 Å². The van der Waals surface area contributed by atoms with Crippen molar-refractivity contribution < 1.29 is 27.7 Å². The topological polar surface area (TPSA) is 101 Å². The molecule has 0 heterocycles. The van der Waals surface area contributed by atoms with E-state index in [1.807, 2.05) is 0 Å². The molecule has 0 spiro atoms. The summed E-state index contributed by atoms with van der Waals surface area (Å²) in [5.74, 6) is -1.24. The van der Waals surface area contributed by atoms with E-state index in [2.05, 4.69) is 16.7 Å². The Morgan fingerprint density at radius 3 is 2.57 bits per heavy atom. The van der Waals surface area contributed by atoms with Crippen molar-refractivity contribution in [1.29, 1.82) is 0 Å². The van der Waals surface area contributed by atoms with Gasteiger partial charge in [-0.2, -0.15) is 13.2 Å². The Morgan fingerprint density at radius 1 is 1.11 bits per heavy atom. The van der Waals surface area contributed by atoms with E-state index < -0.39 is 33.9 Å². The van der Waals surface area contributed by atoms with Crippen LogP contribution >= 0.6 is 11.8 Å². The van der Waals surface area contributed by atoms with E-state index in [9.17, 15) is 32.9 Å². The molecule has 186 valence electrons. The largest absolute Gasteiger partial charge is 0.418 e. The molecule has 0 atom stereocenters. The average Bonchev–Trinajstić information content (AvgIpc) is 2.83. The van der Waals surface area contributed by atoms with E-state index in [1.165, 1.54) is 36.3 Å². The van der Waals surface area contributed by atoms with Crippen LogP contribution < -0.4 is 10.6 Å². The monoisotopic (exact) mass is 507 g/mol. The number of carbonyl (C=O) groups excluding carboxylic acids is 2. The van der Waals surface area contributed by atoms with Gasteiger partial charge >= 0.3 is 6.18 Å². The lowest BCUT2D eigenvalue weighted by Crippen LogP contribution is -2.26. The Hall–Kier alpha value is -3.34. The van der Waals surface area contributed by atoms with Crippen molar-refractivity contribution in [2.75, 3.05) is 17.6 Å². The molecule has 11 heteroatoms. The van der Waals surface area contributed by atoms with Gasteiger partial charge in [-0.05, 0) is 56.4 Å². The molecule has 0 saturated carbocycles. The number of nitrogens with zero attached hydrogens (tertiary/aromatic N) is 1. The Kier molecular flexibility index (Phi) is 8.91. The second kappa shape index (κ2) is 11.9. The number of thioether (sulfide) groups is 1. The number of alkyl halides is 3. The van der Waals surface area contributed by atoms with Gasteiger partial charge in [-0.15, -0.1) is 11.8 Å². The van der Waals surface area contributed by atoms with Crippen molar-refractivity contribution in [3.63, 3.8) is 0 Å². The number of benzene rings is 2. The highest BCUT2D eigenvalue weighted by atomic mass is 32.2. The summed E-state index contributed by atoms with van der Waals surface area (Å²) in [7, 11) is 0. The zero-order chi connectivity index (χ0) is 25.4. The number of hydrogen-bond donors (Lipinski definition) is 2. The molecular weight excluding hydrogens is 483 g/mol. The van der Waals surface area contributed by atoms with Crippen LogP contribution in [0.15, 0.2) is 59.0 Å². The van der Waals surface area contributed by atoms with Crippen LogP contribution in [0.2, 0.25) is 0 Å². The predicted octanol–water partition coefficient (Wildman–Crippen LogP) is 5.96. The van der Waals surface area contributed by atoms with Gasteiger partial charge in [-0.25, -0.2) is 0 Å². The number of anilines is 1.